The fraction of sp³-hybridized carbons (Fsp3) is 1.00. The van der Waals surface area contributed by atoms with E-state index in [0.717, 1.165) is 12.5 Å². The lowest BCUT2D eigenvalue weighted by atomic mass is 9.83. The fourth-order valence-electron chi connectivity index (χ4n) is 3.31. The number of nitrogens with zero attached hydrogens (tertiary/aromatic N) is 1. The molecular formula is C14H27NOS. The minimum absolute atomic E-state index is 0.0999. The van der Waals surface area contributed by atoms with Gasteiger partial charge < -0.3 is 0 Å². The smallest absolute Gasteiger partial charge is 0.1000 e. The lowest BCUT2D eigenvalue weighted by Crippen LogP contribution is -2.43. The van der Waals surface area contributed by atoms with Crippen molar-refractivity contribution in [2.75, 3.05) is 6.54 Å². The minimum atomic E-state index is -0.811. The molecule has 0 unspecified atom stereocenters. The molecule has 0 bridgehead atoms. The van der Waals surface area contributed by atoms with Crippen LogP contribution in [0.5, 0.6) is 0 Å². The Balaban J connectivity index is 2.04. The Morgan fingerprint density at radius 3 is 2.24 bits per heavy atom. The SMILES string of the molecule is CC(C)(C)[S@](=O)N1CCC[C@H]1C1CCCCC1. The molecule has 3 heteroatoms. The summed E-state index contributed by atoms with van der Waals surface area (Å²) in [7, 11) is -0.811. The van der Waals surface area contributed by atoms with E-state index in [-0.39, 0.29) is 4.75 Å². The Labute approximate surface area is 109 Å². The summed E-state index contributed by atoms with van der Waals surface area (Å²) in [6.07, 6.45) is 9.42. The first-order chi connectivity index (χ1) is 8.00. The summed E-state index contributed by atoms with van der Waals surface area (Å²) in [5.41, 5.74) is 0. The summed E-state index contributed by atoms with van der Waals surface area (Å²) in [6.45, 7) is 7.34. The van der Waals surface area contributed by atoms with Gasteiger partial charge in [-0.2, -0.15) is 0 Å². The van der Waals surface area contributed by atoms with Crippen LogP contribution in [0.15, 0.2) is 0 Å². The van der Waals surface area contributed by atoms with E-state index in [1.54, 1.807) is 0 Å². The van der Waals surface area contributed by atoms with Crippen LogP contribution in [0.1, 0.15) is 65.7 Å². The van der Waals surface area contributed by atoms with E-state index < -0.39 is 11.0 Å². The maximum Gasteiger partial charge on any atom is 0.1000 e. The van der Waals surface area contributed by atoms with Gasteiger partial charge in [-0.05, 0) is 52.4 Å². The first-order valence-corrected chi connectivity index (χ1v) is 8.29. The molecule has 1 aliphatic heterocycles. The van der Waals surface area contributed by atoms with Gasteiger partial charge in [-0.1, -0.05) is 19.3 Å². The Kier molecular flexibility index (Phi) is 4.30. The van der Waals surface area contributed by atoms with Gasteiger partial charge in [0, 0.05) is 12.6 Å². The van der Waals surface area contributed by atoms with Gasteiger partial charge in [0.05, 0.1) is 15.7 Å². The molecule has 2 nitrogen and oxygen atoms in total. The van der Waals surface area contributed by atoms with Gasteiger partial charge in [-0.3, -0.25) is 0 Å². The molecule has 0 aromatic carbocycles. The van der Waals surface area contributed by atoms with Crippen molar-refractivity contribution in [3.8, 4) is 0 Å². The van der Waals surface area contributed by atoms with E-state index in [1.165, 1.54) is 44.9 Å². The Morgan fingerprint density at radius 2 is 1.65 bits per heavy atom. The highest BCUT2D eigenvalue weighted by molar-refractivity contribution is 7.84. The molecule has 0 aromatic rings. The van der Waals surface area contributed by atoms with Gasteiger partial charge in [0.25, 0.3) is 0 Å². The van der Waals surface area contributed by atoms with E-state index >= 15 is 0 Å². The lowest BCUT2D eigenvalue weighted by molar-refractivity contribution is 0.230. The van der Waals surface area contributed by atoms with Crippen LogP contribution in [0.25, 0.3) is 0 Å². The van der Waals surface area contributed by atoms with Gasteiger partial charge >= 0.3 is 0 Å². The first-order valence-electron chi connectivity index (χ1n) is 7.19. The molecule has 2 fully saturated rings. The topological polar surface area (TPSA) is 20.3 Å². The standard InChI is InChI=1S/C14H27NOS/c1-14(2,3)17(16)15-11-7-10-13(15)12-8-5-4-6-9-12/h12-13H,4-11H2,1-3H3/t13-,17-/m0/s1. The maximum absolute atomic E-state index is 12.6. The summed E-state index contributed by atoms with van der Waals surface area (Å²) >= 11 is 0. The fourth-order valence-corrected chi connectivity index (χ4v) is 4.84. The zero-order valence-corrected chi connectivity index (χ0v) is 12.4. The second-order valence-electron chi connectivity index (χ2n) is 6.61. The summed E-state index contributed by atoms with van der Waals surface area (Å²) in [4.78, 5) is 0. The van der Waals surface area contributed by atoms with Crippen LogP contribution in [0, 0.1) is 5.92 Å². The van der Waals surface area contributed by atoms with E-state index in [9.17, 15) is 4.21 Å². The Morgan fingerprint density at radius 1 is 1.00 bits per heavy atom. The zero-order chi connectivity index (χ0) is 12.5. The van der Waals surface area contributed by atoms with Gasteiger partial charge in [0.15, 0.2) is 0 Å². The molecule has 100 valence electrons. The van der Waals surface area contributed by atoms with Crippen LogP contribution in [0.4, 0.5) is 0 Å². The monoisotopic (exact) mass is 257 g/mol. The van der Waals surface area contributed by atoms with E-state index in [2.05, 4.69) is 25.1 Å². The van der Waals surface area contributed by atoms with E-state index in [1.807, 2.05) is 0 Å². The van der Waals surface area contributed by atoms with Crippen LogP contribution in [-0.2, 0) is 11.0 Å². The normalized spacial score (nSPS) is 30.6. The Hall–Kier alpha value is 0.110. The second kappa shape index (κ2) is 5.40. The van der Waals surface area contributed by atoms with E-state index in [0.29, 0.717) is 6.04 Å². The minimum Gasteiger partial charge on any atom is -0.242 e. The predicted octanol–water partition coefficient (Wildman–Crippen LogP) is 3.49. The van der Waals surface area contributed by atoms with Crippen molar-refractivity contribution in [2.45, 2.75) is 76.5 Å². The molecule has 17 heavy (non-hydrogen) atoms. The van der Waals surface area contributed by atoms with Crippen molar-refractivity contribution >= 4 is 11.0 Å². The van der Waals surface area contributed by atoms with Gasteiger partial charge in [0.2, 0.25) is 0 Å². The summed E-state index contributed by atoms with van der Waals surface area (Å²) in [5, 5.41) is 0. The highest BCUT2D eigenvalue weighted by Crippen LogP contribution is 2.36. The molecule has 0 amide bonds. The second-order valence-corrected chi connectivity index (χ2v) is 8.80. The average molecular weight is 257 g/mol. The molecule has 2 rings (SSSR count). The quantitative estimate of drug-likeness (QED) is 0.741. The molecule has 0 N–H and O–H groups in total. The predicted molar refractivity (Wildman–Crippen MR) is 74.2 cm³/mol. The summed E-state index contributed by atoms with van der Waals surface area (Å²) in [6, 6.07) is 0.607. The third kappa shape index (κ3) is 3.11. The highest BCUT2D eigenvalue weighted by Gasteiger charge is 2.38. The number of hydrogen-bond donors (Lipinski definition) is 0. The third-order valence-corrected chi connectivity index (χ3v) is 6.11. The molecule has 0 radical (unpaired) electrons. The average Bonchev–Trinajstić information content (AvgIpc) is 2.76. The molecular weight excluding hydrogens is 230 g/mol. The van der Waals surface area contributed by atoms with Crippen LogP contribution in [0.3, 0.4) is 0 Å². The van der Waals surface area contributed by atoms with Crippen LogP contribution >= 0.6 is 0 Å². The lowest BCUT2D eigenvalue weighted by Gasteiger charge is -2.36. The van der Waals surface area contributed by atoms with E-state index in [4.69, 9.17) is 0 Å². The molecule has 0 spiro atoms. The number of rotatable bonds is 2. The molecule has 1 aliphatic carbocycles. The molecule has 1 heterocycles. The number of hydrogen-bond acceptors (Lipinski definition) is 1. The van der Waals surface area contributed by atoms with Crippen molar-refractivity contribution in [1.29, 1.82) is 0 Å². The van der Waals surface area contributed by atoms with Crippen LogP contribution in [-0.4, -0.2) is 25.8 Å². The molecule has 0 aromatic heterocycles. The molecule has 1 saturated carbocycles. The van der Waals surface area contributed by atoms with Crippen LogP contribution < -0.4 is 0 Å². The molecule has 1 saturated heterocycles. The maximum atomic E-state index is 12.6. The first kappa shape index (κ1) is 13.5. The third-order valence-electron chi connectivity index (χ3n) is 4.18. The van der Waals surface area contributed by atoms with Gasteiger partial charge in [0.1, 0.15) is 0 Å². The van der Waals surface area contributed by atoms with Crippen molar-refractivity contribution in [1.82, 2.24) is 4.31 Å². The summed E-state index contributed by atoms with van der Waals surface area (Å²) < 4.78 is 14.8. The Bertz CT molecular complexity index is 278. The molecule has 2 aliphatic rings. The van der Waals surface area contributed by atoms with Crippen LogP contribution in [0.2, 0.25) is 0 Å². The zero-order valence-electron chi connectivity index (χ0n) is 11.6. The molecule has 2 atom stereocenters. The highest BCUT2D eigenvalue weighted by atomic mass is 32.2. The van der Waals surface area contributed by atoms with Crippen molar-refractivity contribution in [2.24, 2.45) is 5.92 Å². The van der Waals surface area contributed by atoms with Crippen molar-refractivity contribution in [3.05, 3.63) is 0 Å². The largest absolute Gasteiger partial charge is 0.242 e. The summed E-state index contributed by atoms with van der Waals surface area (Å²) in [5.74, 6) is 0.817. The van der Waals surface area contributed by atoms with Gasteiger partial charge in [-0.25, -0.2) is 8.51 Å². The van der Waals surface area contributed by atoms with Gasteiger partial charge in [-0.15, -0.1) is 0 Å². The van der Waals surface area contributed by atoms with Crippen molar-refractivity contribution < 1.29 is 4.21 Å². The van der Waals surface area contributed by atoms with Crippen molar-refractivity contribution in [3.63, 3.8) is 0 Å².